The van der Waals surface area contributed by atoms with Crippen molar-refractivity contribution in [3.05, 3.63) is 36.5 Å². The van der Waals surface area contributed by atoms with Gasteiger partial charge in [-0.15, -0.1) is 0 Å². The lowest BCUT2D eigenvalue weighted by molar-refractivity contribution is -0.302. The van der Waals surface area contributed by atoms with Crippen molar-refractivity contribution >= 4 is 5.91 Å². The monoisotopic (exact) mass is 766 g/mol. The number of hydrogen-bond acceptors (Lipinski definition) is 8. The summed E-state index contributed by atoms with van der Waals surface area (Å²) in [5, 5.41) is 53.9. The van der Waals surface area contributed by atoms with E-state index in [-0.39, 0.29) is 18.9 Å². The van der Waals surface area contributed by atoms with Crippen molar-refractivity contribution in [1.82, 2.24) is 5.32 Å². The molecular formula is C45H83NO8. The van der Waals surface area contributed by atoms with Gasteiger partial charge >= 0.3 is 0 Å². The second-order valence-corrected chi connectivity index (χ2v) is 15.5. The van der Waals surface area contributed by atoms with Gasteiger partial charge in [0.1, 0.15) is 24.4 Å². The largest absolute Gasteiger partial charge is 0.394 e. The Morgan fingerprint density at radius 3 is 1.57 bits per heavy atom. The van der Waals surface area contributed by atoms with Gasteiger partial charge in [-0.3, -0.25) is 4.79 Å². The summed E-state index contributed by atoms with van der Waals surface area (Å²) in [4.78, 5) is 12.8. The van der Waals surface area contributed by atoms with E-state index >= 15 is 0 Å². The number of carbonyl (C=O) groups is 1. The van der Waals surface area contributed by atoms with Crippen molar-refractivity contribution in [3.63, 3.8) is 0 Å². The second kappa shape index (κ2) is 35.8. The molecule has 6 N–H and O–H groups in total. The van der Waals surface area contributed by atoms with E-state index in [9.17, 15) is 30.3 Å². The average Bonchev–Trinajstić information content (AvgIpc) is 3.17. The summed E-state index contributed by atoms with van der Waals surface area (Å²) >= 11 is 0. The van der Waals surface area contributed by atoms with E-state index in [2.05, 4.69) is 43.5 Å². The second-order valence-electron chi connectivity index (χ2n) is 15.5. The molecule has 9 nitrogen and oxygen atoms in total. The highest BCUT2D eigenvalue weighted by Crippen LogP contribution is 2.22. The first-order valence-corrected chi connectivity index (χ1v) is 22.2. The third-order valence-electron chi connectivity index (χ3n) is 10.4. The summed E-state index contributed by atoms with van der Waals surface area (Å²) in [6, 6.07) is -0.833. The van der Waals surface area contributed by atoms with Crippen LogP contribution < -0.4 is 5.32 Å². The Bertz CT molecular complexity index is 941. The molecule has 0 saturated carbocycles. The number of rotatable bonds is 36. The third kappa shape index (κ3) is 26.3. The van der Waals surface area contributed by atoms with E-state index < -0.39 is 49.5 Å². The van der Waals surface area contributed by atoms with Crippen molar-refractivity contribution in [1.29, 1.82) is 0 Å². The van der Waals surface area contributed by atoms with Crippen LogP contribution in [-0.2, 0) is 14.3 Å². The molecule has 7 unspecified atom stereocenters. The van der Waals surface area contributed by atoms with Crippen LogP contribution in [0.2, 0.25) is 0 Å². The number of carbonyl (C=O) groups excluding carboxylic acids is 1. The highest BCUT2D eigenvalue weighted by atomic mass is 16.7. The quantitative estimate of drug-likeness (QED) is 0.0274. The molecule has 1 fully saturated rings. The zero-order chi connectivity index (χ0) is 39.5. The number of allylic oxidation sites excluding steroid dienone is 5. The van der Waals surface area contributed by atoms with E-state index in [1.165, 1.54) is 128 Å². The Morgan fingerprint density at radius 2 is 1.06 bits per heavy atom. The van der Waals surface area contributed by atoms with Crippen LogP contribution in [-0.4, -0.2) is 87.5 Å². The van der Waals surface area contributed by atoms with Crippen LogP contribution in [0.5, 0.6) is 0 Å². The zero-order valence-corrected chi connectivity index (χ0v) is 34.5. The van der Waals surface area contributed by atoms with Gasteiger partial charge in [0.05, 0.1) is 25.4 Å². The minimum absolute atomic E-state index is 0.211. The van der Waals surface area contributed by atoms with Gasteiger partial charge in [0.15, 0.2) is 6.29 Å². The number of hydrogen-bond donors (Lipinski definition) is 6. The zero-order valence-electron chi connectivity index (χ0n) is 34.5. The summed E-state index contributed by atoms with van der Waals surface area (Å²) in [6.07, 6.45) is 36.5. The van der Waals surface area contributed by atoms with E-state index in [4.69, 9.17) is 9.47 Å². The Kier molecular flexibility index (Phi) is 33.4. The van der Waals surface area contributed by atoms with Crippen LogP contribution in [0.25, 0.3) is 0 Å². The molecule has 0 aromatic carbocycles. The fourth-order valence-electron chi connectivity index (χ4n) is 6.82. The number of aliphatic hydroxyl groups excluding tert-OH is 5. The summed E-state index contributed by atoms with van der Waals surface area (Å²) in [6.45, 7) is 3.69. The fourth-order valence-corrected chi connectivity index (χ4v) is 6.82. The first kappa shape index (κ1) is 50.4. The molecule has 1 aliphatic heterocycles. The molecular weight excluding hydrogens is 682 g/mol. The number of amides is 1. The van der Waals surface area contributed by atoms with Gasteiger partial charge in [0.25, 0.3) is 0 Å². The maximum Gasteiger partial charge on any atom is 0.220 e. The van der Waals surface area contributed by atoms with E-state index in [1.807, 2.05) is 6.08 Å². The van der Waals surface area contributed by atoms with E-state index in [1.54, 1.807) is 6.08 Å². The predicted octanol–water partition coefficient (Wildman–Crippen LogP) is 8.89. The first-order chi connectivity index (χ1) is 26.3. The van der Waals surface area contributed by atoms with Gasteiger partial charge in [-0.1, -0.05) is 166 Å². The lowest BCUT2D eigenvalue weighted by Crippen LogP contribution is -2.60. The molecule has 0 bridgehead atoms. The molecule has 316 valence electrons. The summed E-state index contributed by atoms with van der Waals surface area (Å²) in [7, 11) is 0. The Hall–Kier alpha value is -1.59. The molecule has 7 atom stereocenters. The average molecular weight is 766 g/mol. The van der Waals surface area contributed by atoms with Gasteiger partial charge in [0, 0.05) is 6.42 Å². The van der Waals surface area contributed by atoms with Crippen molar-refractivity contribution in [2.45, 2.75) is 230 Å². The van der Waals surface area contributed by atoms with Crippen LogP contribution in [0.1, 0.15) is 187 Å². The normalized spacial score (nSPS) is 21.8. The minimum Gasteiger partial charge on any atom is -0.394 e. The molecule has 1 saturated heterocycles. The van der Waals surface area contributed by atoms with Gasteiger partial charge in [-0.25, -0.2) is 0 Å². The van der Waals surface area contributed by atoms with Crippen molar-refractivity contribution in [2.75, 3.05) is 13.2 Å². The SMILES string of the molecule is CCCCCC/C=C\CCCC(=O)NC(COC1OC(CO)C(O)C(O)C1O)C(O)/C=C/CC/C=C/CCCCCCCCCCCCCCCCCC. The molecule has 0 radical (unpaired) electrons. The lowest BCUT2D eigenvalue weighted by atomic mass is 9.99. The van der Waals surface area contributed by atoms with Crippen LogP contribution >= 0.6 is 0 Å². The van der Waals surface area contributed by atoms with E-state index in [0.717, 1.165) is 32.1 Å². The molecule has 1 rings (SSSR count). The number of ether oxygens (including phenoxy) is 2. The lowest BCUT2D eigenvalue weighted by Gasteiger charge is -2.40. The molecule has 9 heteroatoms. The Morgan fingerprint density at radius 1 is 0.611 bits per heavy atom. The maximum absolute atomic E-state index is 12.8. The van der Waals surface area contributed by atoms with Crippen molar-refractivity contribution < 1.29 is 39.8 Å². The molecule has 1 heterocycles. The molecule has 0 spiro atoms. The third-order valence-corrected chi connectivity index (χ3v) is 10.4. The molecule has 1 aliphatic rings. The summed E-state index contributed by atoms with van der Waals surface area (Å²) in [5.74, 6) is -0.224. The molecule has 0 aromatic heterocycles. The molecule has 0 aliphatic carbocycles. The number of unbranched alkanes of at least 4 members (excludes halogenated alkanes) is 22. The van der Waals surface area contributed by atoms with Gasteiger partial charge in [-0.2, -0.15) is 0 Å². The van der Waals surface area contributed by atoms with Crippen molar-refractivity contribution in [2.24, 2.45) is 0 Å². The first-order valence-electron chi connectivity index (χ1n) is 22.2. The molecule has 0 aromatic rings. The maximum atomic E-state index is 12.8. The molecule has 1 amide bonds. The van der Waals surface area contributed by atoms with E-state index in [0.29, 0.717) is 6.42 Å². The minimum atomic E-state index is -1.57. The van der Waals surface area contributed by atoms with Crippen molar-refractivity contribution in [3.8, 4) is 0 Å². The highest BCUT2D eigenvalue weighted by molar-refractivity contribution is 5.76. The van der Waals surface area contributed by atoms with Crippen LogP contribution in [0, 0.1) is 0 Å². The van der Waals surface area contributed by atoms with Crippen LogP contribution in [0.4, 0.5) is 0 Å². The Balaban J connectivity index is 2.34. The van der Waals surface area contributed by atoms with Gasteiger partial charge in [-0.05, 0) is 51.4 Å². The van der Waals surface area contributed by atoms with Gasteiger partial charge in [0.2, 0.25) is 5.91 Å². The van der Waals surface area contributed by atoms with Crippen LogP contribution in [0.3, 0.4) is 0 Å². The topological polar surface area (TPSA) is 149 Å². The van der Waals surface area contributed by atoms with Gasteiger partial charge < -0.3 is 40.3 Å². The standard InChI is InChI=1S/C45H83NO8/c1-3-5-7-9-11-13-14-15-16-17-18-19-20-21-22-23-24-25-27-28-30-32-34-39(48)38(37-53-45-44(52)43(51)42(50)40(36-47)54-45)46-41(49)35-33-31-29-26-12-10-8-6-4-2/h25-27,29,32,34,38-40,42-45,47-48,50-52H,3-24,28,30-31,33,35-37H2,1-2H3,(H,46,49)/b27-25+,29-26-,34-32+. The summed E-state index contributed by atoms with van der Waals surface area (Å²) < 4.78 is 11.1. The fraction of sp³-hybridized carbons (Fsp3) is 0.844. The molecule has 54 heavy (non-hydrogen) atoms. The highest BCUT2D eigenvalue weighted by Gasteiger charge is 2.44. The number of nitrogens with one attached hydrogen (secondary N) is 1. The number of aliphatic hydroxyl groups is 5. The predicted molar refractivity (Wildman–Crippen MR) is 221 cm³/mol. The van der Waals surface area contributed by atoms with Crippen LogP contribution in [0.15, 0.2) is 36.5 Å². The Labute approximate surface area is 330 Å². The smallest absolute Gasteiger partial charge is 0.220 e. The summed E-state index contributed by atoms with van der Waals surface area (Å²) in [5.41, 5.74) is 0.